The number of piperidine rings is 1. The predicted octanol–water partition coefficient (Wildman–Crippen LogP) is 0.683. The first kappa shape index (κ1) is 17.2. The summed E-state index contributed by atoms with van der Waals surface area (Å²) in [6, 6.07) is 0. The number of aliphatic hydroxyl groups is 1. The highest BCUT2D eigenvalue weighted by Gasteiger charge is 2.33. The molecule has 1 atom stereocenters. The summed E-state index contributed by atoms with van der Waals surface area (Å²) in [7, 11) is 1.60. The third-order valence-corrected chi connectivity index (χ3v) is 4.81. The number of amides is 2. The van der Waals surface area contributed by atoms with Crippen LogP contribution in [0.1, 0.15) is 44.9 Å². The molecule has 0 radical (unpaired) electrons. The molecule has 1 heterocycles. The molecule has 6 nitrogen and oxygen atoms in total. The molecule has 1 aliphatic carbocycles. The predicted molar refractivity (Wildman–Crippen MR) is 82.2 cm³/mol. The summed E-state index contributed by atoms with van der Waals surface area (Å²) in [6.45, 7) is 1.80. The molecule has 126 valence electrons. The molecule has 0 aromatic rings. The van der Waals surface area contributed by atoms with Crippen molar-refractivity contribution < 1.29 is 19.4 Å². The maximum atomic E-state index is 12.3. The number of likely N-dealkylation sites (tertiary alicyclic amines) is 1. The molecule has 2 amide bonds. The topological polar surface area (TPSA) is 78.9 Å². The molecule has 1 saturated carbocycles. The van der Waals surface area contributed by atoms with Crippen LogP contribution in [0.5, 0.6) is 0 Å². The van der Waals surface area contributed by atoms with Crippen molar-refractivity contribution in [1.82, 2.24) is 10.2 Å². The van der Waals surface area contributed by atoms with Crippen LogP contribution in [0.2, 0.25) is 0 Å². The molecule has 6 heteroatoms. The standard InChI is InChI=1S/C16H28N2O4/c1-22-10-9-18-11-13(5-6-14(18)19)15(20)17-12-16(21)7-3-2-4-8-16/h13,21H,2-12H2,1H3,(H,17,20)/t13-/m0/s1. The minimum absolute atomic E-state index is 0.0473. The summed E-state index contributed by atoms with van der Waals surface area (Å²) in [5.74, 6) is -0.136. The van der Waals surface area contributed by atoms with Crippen molar-refractivity contribution >= 4 is 11.8 Å². The van der Waals surface area contributed by atoms with Gasteiger partial charge in [0, 0.05) is 33.2 Å². The second-order valence-electron chi connectivity index (χ2n) is 6.57. The number of methoxy groups -OCH3 is 1. The minimum Gasteiger partial charge on any atom is -0.388 e. The fraction of sp³-hybridized carbons (Fsp3) is 0.875. The fourth-order valence-corrected chi connectivity index (χ4v) is 3.33. The molecule has 0 aromatic heterocycles. The summed E-state index contributed by atoms with van der Waals surface area (Å²) in [5.41, 5.74) is -0.742. The zero-order valence-electron chi connectivity index (χ0n) is 13.5. The highest BCUT2D eigenvalue weighted by molar-refractivity contribution is 5.83. The molecule has 2 aliphatic rings. The van der Waals surface area contributed by atoms with E-state index >= 15 is 0 Å². The van der Waals surface area contributed by atoms with Crippen LogP contribution in [0.3, 0.4) is 0 Å². The number of nitrogens with zero attached hydrogens (tertiary/aromatic N) is 1. The number of ether oxygens (including phenoxy) is 1. The first-order chi connectivity index (χ1) is 10.5. The lowest BCUT2D eigenvalue weighted by atomic mass is 9.84. The van der Waals surface area contributed by atoms with Crippen LogP contribution in [0.25, 0.3) is 0 Å². The van der Waals surface area contributed by atoms with Crippen LogP contribution in [0, 0.1) is 5.92 Å². The molecule has 2 N–H and O–H groups in total. The first-order valence-corrected chi connectivity index (χ1v) is 8.31. The van der Waals surface area contributed by atoms with Crippen LogP contribution in [-0.4, -0.2) is 60.8 Å². The van der Waals surface area contributed by atoms with Crippen molar-refractivity contribution in [3.8, 4) is 0 Å². The van der Waals surface area contributed by atoms with Crippen molar-refractivity contribution in [2.75, 3.05) is 33.4 Å². The van der Waals surface area contributed by atoms with E-state index in [1.165, 1.54) is 0 Å². The van der Waals surface area contributed by atoms with E-state index in [4.69, 9.17) is 4.74 Å². The molecule has 1 saturated heterocycles. The van der Waals surface area contributed by atoms with E-state index in [0.29, 0.717) is 39.1 Å². The van der Waals surface area contributed by atoms with Gasteiger partial charge in [0.15, 0.2) is 0 Å². The van der Waals surface area contributed by atoms with Gasteiger partial charge in [0.1, 0.15) is 0 Å². The first-order valence-electron chi connectivity index (χ1n) is 8.31. The maximum Gasteiger partial charge on any atom is 0.225 e. The van der Waals surface area contributed by atoms with Crippen molar-refractivity contribution in [3.63, 3.8) is 0 Å². The Morgan fingerprint density at radius 2 is 2.14 bits per heavy atom. The molecule has 22 heavy (non-hydrogen) atoms. The molecule has 0 spiro atoms. The van der Waals surface area contributed by atoms with Crippen molar-refractivity contribution in [2.24, 2.45) is 5.92 Å². The number of carbonyl (C=O) groups is 2. The normalized spacial score (nSPS) is 25.1. The second-order valence-corrected chi connectivity index (χ2v) is 6.57. The van der Waals surface area contributed by atoms with Gasteiger partial charge in [-0.15, -0.1) is 0 Å². The Labute approximate surface area is 132 Å². The van der Waals surface area contributed by atoms with Gasteiger partial charge in [0.25, 0.3) is 0 Å². The van der Waals surface area contributed by atoms with Crippen LogP contribution in [0.4, 0.5) is 0 Å². The van der Waals surface area contributed by atoms with Crippen LogP contribution in [-0.2, 0) is 14.3 Å². The van der Waals surface area contributed by atoms with E-state index in [0.717, 1.165) is 32.1 Å². The average molecular weight is 312 g/mol. The summed E-state index contributed by atoms with van der Waals surface area (Å²) in [6.07, 6.45) is 5.73. The lowest BCUT2D eigenvalue weighted by molar-refractivity contribution is -0.139. The smallest absolute Gasteiger partial charge is 0.225 e. The summed E-state index contributed by atoms with van der Waals surface area (Å²) in [5, 5.41) is 13.3. The van der Waals surface area contributed by atoms with Gasteiger partial charge in [-0.05, 0) is 19.3 Å². The SMILES string of the molecule is COCCN1C[C@@H](C(=O)NCC2(O)CCCCC2)CCC1=O. The maximum absolute atomic E-state index is 12.3. The molecule has 2 fully saturated rings. The second kappa shape index (κ2) is 7.92. The van der Waals surface area contributed by atoms with Gasteiger partial charge in [0.2, 0.25) is 11.8 Å². The van der Waals surface area contributed by atoms with E-state index < -0.39 is 5.60 Å². The molecule has 2 rings (SSSR count). The van der Waals surface area contributed by atoms with Crippen LogP contribution >= 0.6 is 0 Å². The van der Waals surface area contributed by atoms with Gasteiger partial charge in [0.05, 0.1) is 18.1 Å². The molecule has 1 aliphatic heterocycles. The average Bonchev–Trinajstić information content (AvgIpc) is 2.52. The van der Waals surface area contributed by atoms with E-state index in [2.05, 4.69) is 5.32 Å². The number of hydrogen-bond donors (Lipinski definition) is 2. The lowest BCUT2D eigenvalue weighted by Gasteiger charge is -2.34. The van der Waals surface area contributed by atoms with Gasteiger partial charge < -0.3 is 20.1 Å². The number of carbonyl (C=O) groups excluding carboxylic acids is 2. The van der Waals surface area contributed by atoms with Crippen molar-refractivity contribution in [1.29, 1.82) is 0 Å². The molecule has 0 aromatic carbocycles. The Kier molecular flexibility index (Phi) is 6.20. The van der Waals surface area contributed by atoms with Gasteiger partial charge in [-0.1, -0.05) is 19.3 Å². The van der Waals surface area contributed by atoms with E-state index in [-0.39, 0.29) is 17.7 Å². The minimum atomic E-state index is -0.742. The lowest BCUT2D eigenvalue weighted by Crippen LogP contribution is -2.50. The van der Waals surface area contributed by atoms with Gasteiger partial charge >= 0.3 is 0 Å². The third-order valence-electron chi connectivity index (χ3n) is 4.81. The van der Waals surface area contributed by atoms with Crippen LogP contribution in [0.15, 0.2) is 0 Å². The molecule has 0 unspecified atom stereocenters. The van der Waals surface area contributed by atoms with E-state index in [9.17, 15) is 14.7 Å². The Morgan fingerprint density at radius 1 is 1.41 bits per heavy atom. The monoisotopic (exact) mass is 312 g/mol. The molecule has 0 bridgehead atoms. The number of hydrogen-bond acceptors (Lipinski definition) is 4. The van der Waals surface area contributed by atoms with Crippen molar-refractivity contribution in [2.45, 2.75) is 50.5 Å². The summed E-state index contributed by atoms with van der Waals surface area (Å²) in [4.78, 5) is 25.8. The summed E-state index contributed by atoms with van der Waals surface area (Å²) < 4.78 is 5.00. The Hall–Kier alpha value is -1.14. The Morgan fingerprint density at radius 3 is 2.82 bits per heavy atom. The highest BCUT2D eigenvalue weighted by atomic mass is 16.5. The summed E-state index contributed by atoms with van der Waals surface area (Å²) >= 11 is 0. The third kappa shape index (κ3) is 4.68. The quantitative estimate of drug-likeness (QED) is 0.756. The number of rotatable bonds is 6. The molecular weight excluding hydrogens is 284 g/mol. The zero-order valence-corrected chi connectivity index (χ0v) is 13.5. The van der Waals surface area contributed by atoms with Gasteiger partial charge in [-0.25, -0.2) is 0 Å². The van der Waals surface area contributed by atoms with Crippen LogP contribution < -0.4 is 5.32 Å². The Bertz CT molecular complexity index is 394. The van der Waals surface area contributed by atoms with Gasteiger partial charge in [-0.2, -0.15) is 0 Å². The van der Waals surface area contributed by atoms with E-state index in [1.807, 2.05) is 0 Å². The molecular formula is C16H28N2O4. The highest BCUT2D eigenvalue weighted by Crippen LogP contribution is 2.27. The zero-order chi connectivity index (χ0) is 16.0. The van der Waals surface area contributed by atoms with Crippen molar-refractivity contribution in [3.05, 3.63) is 0 Å². The largest absolute Gasteiger partial charge is 0.388 e. The fourth-order valence-electron chi connectivity index (χ4n) is 3.33. The van der Waals surface area contributed by atoms with E-state index in [1.54, 1.807) is 12.0 Å². The van der Waals surface area contributed by atoms with Gasteiger partial charge in [-0.3, -0.25) is 9.59 Å². The number of nitrogens with one attached hydrogen (secondary N) is 1. The Balaban J connectivity index is 1.80.